The van der Waals surface area contributed by atoms with Crippen molar-refractivity contribution in [3.05, 3.63) is 65.7 Å². The molecule has 0 radical (unpaired) electrons. The minimum atomic E-state index is -4.41. The Labute approximate surface area is 136 Å². The Morgan fingerprint density at radius 3 is 2.12 bits per heavy atom. The first-order valence-electron chi connectivity index (χ1n) is 7.16. The van der Waals surface area contributed by atoms with E-state index in [9.17, 15) is 22.8 Å². The molecular weight excluding hydrogens is 321 g/mol. The zero-order chi connectivity index (χ0) is 17.6. The van der Waals surface area contributed by atoms with Crippen LogP contribution in [0.2, 0.25) is 0 Å². The summed E-state index contributed by atoms with van der Waals surface area (Å²) in [4.78, 5) is 23.5. The molecule has 4 nitrogen and oxygen atoms in total. The lowest BCUT2D eigenvalue weighted by Crippen LogP contribution is -2.27. The summed E-state index contributed by atoms with van der Waals surface area (Å²) in [5.41, 5.74) is -0.0290. The lowest BCUT2D eigenvalue weighted by Gasteiger charge is -2.09. The van der Waals surface area contributed by atoms with Crippen molar-refractivity contribution in [3.63, 3.8) is 0 Å². The van der Waals surface area contributed by atoms with Gasteiger partial charge in [-0.2, -0.15) is 13.2 Å². The maximum absolute atomic E-state index is 12.4. The van der Waals surface area contributed by atoms with E-state index in [0.717, 1.165) is 12.1 Å². The fraction of sp³-hybridized carbons (Fsp3) is 0.176. The number of carbonyl (C=O) groups is 2. The number of amides is 2. The molecule has 0 aliphatic carbocycles. The van der Waals surface area contributed by atoms with Gasteiger partial charge >= 0.3 is 6.18 Å². The number of benzene rings is 2. The highest BCUT2D eigenvalue weighted by atomic mass is 19.4. The van der Waals surface area contributed by atoms with Gasteiger partial charge in [-0.25, -0.2) is 0 Å². The first-order chi connectivity index (χ1) is 11.4. The summed E-state index contributed by atoms with van der Waals surface area (Å²) in [6, 6.07) is 12.7. The van der Waals surface area contributed by atoms with E-state index >= 15 is 0 Å². The van der Waals surface area contributed by atoms with Crippen molar-refractivity contribution in [2.75, 3.05) is 11.9 Å². The second-order valence-corrected chi connectivity index (χ2v) is 5.00. The van der Waals surface area contributed by atoms with Crippen LogP contribution in [0, 0.1) is 0 Å². The first kappa shape index (κ1) is 17.5. The van der Waals surface area contributed by atoms with Gasteiger partial charge in [-0.15, -0.1) is 0 Å². The van der Waals surface area contributed by atoms with E-state index in [-0.39, 0.29) is 24.6 Å². The normalized spacial score (nSPS) is 11.0. The van der Waals surface area contributed by atoms with Gasteiger partial charge in [0.25, 0.3) is 5.91 Å². The van der Waals surface area contributed by atoms with Crippen LogP contribution in [0.25, 0.3) is 0 Å². The molecule has 7 heteroatoms. The number of carbonyl (C=O) groups excluding carboxylic acids is 2. The number of alkyl halides is 3. The monoisotopic (exact) mass is 336 g/mol. The minimum Gasteiger partial charge on any atom is -0.352 e. The zero-order valence-electron chi connectivity index (χ0n) is 12.6. The van der Waals surface area contributed by atoms with Crippen LogP contribution in [-0.4, -0.2) is 18.4 Å². The van der Waals surface area contributed by atoms with Gasteiger partial charge in [0, 0.05) is 24.2 Å². The van der Waals surface area contributed by atoms with Gasteiger partial charge in [-0.3, -0.25) is 9.59 Å². The van der Waals surface area contributed by atoms with Crippen LogP contribution >= 0.6 is 0 Å². The van der Waals surface area contributed by atoms with Crippen molar-refractivity contribution in [1.82, 2.24) is 5.32 Å². The van der Waals surface area contributed by atoms with E-state index in [1.54, 1.807) is 30.3 Å². The van der Waals surface area contributed by atoms with E-state index in [0.29, 0.717) is 5.56 Å². The van der Waals surface area contributed by atoms with E-state index in [1.165, 1.54) is 12.1 Å². The van der Waals surface area contributed by atoms with Gasteiger partial charge in [0.05, 0.1) is 5.56 Å². The molecule has 2 amide bonds. The molecule has 2 rings (SSSR count). The molecule has 0 heterocycles. The predicted octanol–water partition coefficient (Wildman–Crippen LogP) is 3.46. The molecule has 0 atom stereocenters. The van der Waals surface area contributed by atoms with Crippen molar-refractivity contribution < 1.29 is 22.8 Å². The van der Waals surface area contributed by atoms with Crippen LogP contribution in [0.15, 0.2) is 54.6 Å². The molecule has 0 unspecified atom stereocenters. The molecule has 0 aliphatic heterocycles. The van der Waals surface area contributed by atoms with E-state index in [4.69, 9.17) is 0 Å². The van der Waals surface area contributed by atoms with Gasteiger partial charge < -0.3 is 10.6 Å². The molecule has 2 N–H and O–H groups in total. The van der Waals surface area contributed by atoms with E-state index in [1.807, 2.05) is 0 Å². The Hall–Kier alpha value is -2.83. The largest absolute Gasteiger partial charge is 0.416 e. The van der Waals surface area contributed by atoms with Gasteiger partial charge in [0.1, 0.15) is 0 Å². The third-order valence-electron chi connectivity index (χ3n) is 3.17. The van der Waals surface area contributed by atoms with Crippen LogP contribution in [0.1, 0.15) is 22.3 Å². The number of hydrogen-bond acceptors (Lipinski definition) is 2. The zero-order valence-corrected chi connectivity index (χ0v) is 12.6. The highest BCUT2D eigenvalue weighted by Gasteiger charge is 2.29. The Kier molecular flexibility index (Phi) is 5.57. The van der Waals surface area contributed by atoms with Crippen LogP contribution in [0.3, 0.4) is 0 Å². The summed E-state index contributed by atoms with van der Waals surface area (Å²) in [7, 11) is 0. The SMILES string of the molecule is O=C(CCNC(=O)c1ccccc1)Nc1ccc(C(F)(F)F)cc1. The molecule has 2 aromatic carbocycles. The van der Waals surface area contributed by atoms with Crippen molar-refractivity contribution in [2.45, 2.75) is 12.6 Å². The van der Waals surface area contributed by atoms with Gasteiger partial charge in [-0.1, -0.05) is 18.2 Å². The van der Waals surface area contributed by atoms with Crippen molar-refractivity contribution in [3.8, 4) is 0 Å². The van der Waals surface area contributed by atoms with Crippen molar-refractivity contribution in [1.29, 1.82) is 0 Å². The number of rotatable bonds is 5. The highest BCUT2D eigenvalue weighted by Crippen LogP contribution is 2.29. The van der Waals surface area contributed by atoms with Crippen LogP contribution in [0.5, 0.6) is 0 Å². The Balaban J connectivity index is 1.78. The summed E-state index contributed by atoms with van der Waals surface area (Å²) in [5.74, 6) is -0.693. The van der Waals surface area contributed by atoms with Gasteiger partial charge in [0.2, 0.25) is 5.91 Å². The second kappa shape index (κ2) is 7.63. The first-order valence-corrected chi connectivity index (χ1v) is 7.16. The molecule has 2 aromatic rings. The van der Waals surface area contributed by atoms with Gasteiger partial charge in [0.15, 0.2) is 0 Å². The van der Waals surface area contributed by atoms with E-state index < -0.39 is 17.6 Å². The molecule has 24 heavy (non-hydrogen) atoms. The second-order valence-electron chi connectivity index (χ2n) is 5.00. The van der Waals surface area contributed by atoms with Crippen molar-refractivity contribution >= 4 is 17.5 Å². The summed E-state index contributed by atoms with van der Waals surface area (Å²) < 4.78 is 37.3. The molecule has 126 valence electrons. The van der Waals surface area contributed by atoms with Crippen LogP contribution in [-0.2, 0) is 11.0 Å². The fourth-order valence-corrected chi connectivity index (χ4v) is 1.95. The highest BCUT2D eigenvalue weighted by molar-refractivity contribution is 5.95. The molecule has 0 bridgehead atoms. The van der Waals surface area contributed by atoms with Crippen LogP contribution in [0.4, 0.5) is 18.9 Å². The molecule has 0 saturated heterocycles. The fourth-order valence-electron chi connectivity index (χ4n) is 1.95. The predicted molar refractivity (Wildman–Crippen MR) is 83.5 cm³/mol. The number of anilines is 1. The molecule has 0 fully saturated rings. The number of nitrogens with one attached hydrogen (secondary N) is 2. The quantitative estimate of drug-likeness (QED) is 0.878. The van der Waals surface area contributed by atoms with Gasteiger partial charge in [-0.05, 0) is 36.4 Å². The average Bonchev–Trinajstić information content (AvgIpc) is 2.55. The molecule has 0 aliphatic rings. The lowest BCUT2D eigenvalue weighted by atomic mass is 10.2. The maximum Gasteiger partial charge on any atom is 0.416 e. The number of hydrogen-bond donors (Lipinski definition) is 2. The molecule has 0 aromatic heterocycles. The van der Waals surface area contributed by atoms with Crippen molar-refractivity contribution in [2.24, 2.45) is 0 Å². The summed E-state index contributed by atoms with van der Waals surface area (Å²) >= 11 is 0. The topological polar surface area (TPSA) is 58.2 Å². The average molecular weight is 336 g/mol. The Morgan fingerprint density at radius 1 is 0.917 bits per heavy atom. The lowest BCUT2D eigenvalue weighted by molar-refractivity contribution is -0.137. The maximum atomic E-state index is 12.4. The van der Waals surface area contributed by atoms with Crippen LogP contribution < -0.4 is 10.6 Å². The third-order valence-corrected chi connectivity index (χ3v) is 3.17. The minimum absolute atomic E-state index is 0.0135. The Bertz CT molecular complexity index is 698. The molecule has 0 saturated carbocycles. The van der Waals surface area contributed by atoms with E-state index in [2.05, 4.69) is 10.6 Å². The molecular formula is C17H15F3N2O2. The standard InChI is InChI=1S/C17H15F3N2O2/c18-17(19,20)13-6-8-14(9-7-13)22-15(23)10-11-21-16(24)12-4-2-1-3-5-12/h1-9H,10-11H2,(H,21,24)(H,22,23). The Morgan fingerprint density at radius 2 is 1.54 bits per heavy atom. The summed E-state index contributed by atoms with van der Waals surface area (Å²) in [6.07, 6.45) is -4.40. The molecule has 0 spiro atoms. The smallest absolute Gasteiger partial charge is 0.352 e. The third kappa shape index (κ3) is 5.12. The number of halogens is 3. The summed E-state index contributed by atoms with van der Waals surface area (Å²) in [6.45, 7) is 0.125. The summed E-state index contributed by atoms with van der Waals surface area (Å²) in [5, 5.41) is 5.07.